The van der Waals surface area contributed by atoms with Gasteiger partial charge in [-0.2, -0.15) is 0 Å². The summed E-state index contributed by atoms with van der Waals surface area (Å²) in [5.74, 6) is -0.0548. The second-order valence-corrected chi connectivity index (χ2v) is 4.38. The van der Waals surface area contributed by atoms with E-state index >= 15 is 0 Å². The third kappa shape index (κ3) is 3.12. The summed E-state index contributed by atoms with van der Waals surface area (Å²) >= 11 is 5.84. The van der Waals surface area contributed by atoms with Gasteiger partial charge in [0.05, 0.1) is 13.0 Å². The lowest BCUT2D eigenvalue weighted by Gasteiger charge is -2.16. The molecule has 2 atom stereocenters. The van der Waals surface area contributed by atoms with Crippen molar-refractivity contribution < 1.29 is 9.53 Å². The van der Waals surface area contributed by atoms with Gasteiger partial charge in [0.2, 0.25) is 0 Å². The topological polar surface area (TPSA) is 38.3 Å². The quantitative estimate of drug-likeness (QED) is 0.842. The molecular weight excluding hydrogens is 261 g/mol. The predicted molar refractivity (Wildman–Crippen MR) is 69.8 cm³/mol. The Morgan fingerprint density at radius 3 is 2.59 bits per heavy atom. The van der Waals surface area contributed by atoms with Crippen LogP contribution in [0.1, 0.15) is 11.5 Å². The Hall–Kier alpha value is -0.770. The van der Waals surface area contributed by atoms with Gasteiger partial charge in [0.15, 0.2) is 0 Å². The average Bonchev–Trinajstić information content (AvgIpc) is 2.78. The highest BCUT2D eigenvalue weighted by Gasteiger charge is 2.34. The fourth-order valence-electron chi connectivity index (χ4n) is 2.14. The van der Waals surface area contributed by atoms with Gasteiger partial charge in [-0.3, -0.25) is 4.79 Å². The largest absolute Gasteiger partial charge is 0.469 e. The molecule has 0 bridgehead atoms. The van der Waals surface area contributed by atoms with Gasteiger partial charge < -0.3 is 10.1 Å². The lowest BCUT2D eigenvalue weighted by Crippen LogP contribution is -2.22. The van der Waals surface area contributed by atoms with Gasteiger partial charge in [-0.15, -0.1) is 12.4 Å². The van der Waals surface area contributed by atoms with Crippen LogP contribution >= 0.6 is 24.0 Å². The highest BCUT2D eigenvalue weighted by Crippen LogP contribution is 2.29. The average molecular weight is 276 g/mol. The van der Waals surface area contributed by atoms with E-state index in [0.29, 0.717) is 11.6 Å². The van der Waals surface area contributed by atoms with Crippen LogP contribution in [0.25, 0.3) is 0 Å². The normalized spacial score (nSPS) is 22.9. The summed E-state index contributed by atoms with van der Waals surface area (Å²) in [7, 11) is 1.43. The first kappa shape index (κ1) is 14.3. The van der Waals surface area contributed by atoms with Crippen LogP contribution in [-0.4, -0.2) is 26.2 Å². The summed E-state index contributed by atoms with van der Waals surface area (Å²) in [6.07, 6.45) is 0. The number of methoxy groups -OCH3 is 1. The van der Waals surface area contributed by atoms with E-state index in [2.05, 4.69) is 5.32 Å². The van der Waals surface area contributed by atoms with Crippen LogP contribution in [0.4, 0.5) is 0 Å². The molecule has 3 nitrogen and oxygen atoms in total. The zero-order chi connectivity index (χ0) is 11.5. The van der Waals surface area contributed by atoms with Gasteiger partial charge in [-0.1, -0.05) is 23.7 Å². The van der Waals surface area contributed by atoms with Crippen molar-refractivity contribution in [3.05, 3.63) is 34.9 Å². The summed E-state index contributed by atoms with van der Waals surface area (Å²) in [5, 5.41) is 3.93. The molecule has 0 aromatic heterocycles. The third-order valence-electron chi connectivity index (χ3n) is 3.02. The number of ether oxygens (including phenoxy) is 1. The lowest BCUT2D eigenvalue weighted by molar-refractivity contribution is -0.145. The Labute approximate surface area is 112 Å². The maximum Gasteiger partial charge on any atom is 0.310 e. The molecule has 2 rings (SSSR count). The summed E-state index contributed by atoms with van der Waals surface area (Å²) in [6.45, 7) is 1.49. The number of hydrogen-bond acceptors (Lipinski definition) is 3. The molecule has 1 aliphatic rings. The minimum atomic E-state index is -0.148. The molecule has 1 aromatic carbocycles. The lowest BCUT2D eigenvalue weighted by atomic mass is 9.89. The first-order valence-electron chi connectivity index (χ1n) is 5.26. The molecule has 1 saturated heterocycles. The van der Waals surface area contributed by atoms with Gasteiger partial charge in [0, 0.05) is 24.0 Å². The van der Waals surface area contributed by atoms with E-state index in [1.165, 1.54) is 7.11 Å². The number of nitrogens with one attached hydrogen (secondary N) is 1. The Morgan fingerprint density at radius 2 is 2.00 bits per heavy atom. The van der Waals surface area contributed by atoms with Gasteiger partial charge >= 0.3 is 5.97 Å². The first-order valence-corrected chi connectivity index (χ1v) is 5.64. The van der Waals surface area contributed by atoms with E-state index < -0.39 is 0 Å². The van der Waals surface area contributed by atoms with Gasteiger partial charge in [0.1, 0.15) is 0 Å². The van der Waals surface area contributed by atoms with Crippen molar-refractivity contribution in [1.82, 2.24) is 5.32 Å². The Bertz CT molecular complexity index is 381. The standard InChI is InChI=1S/C12H14ClNO2.ClH/c1-16-12(15)11-7-14-6-10(11)8-2-4-9(13)5-3-8;/h2-5,10-11,14H,6-7H2,1H3;1H/t10-,11+;/m0./s1. The fourth-order valence-corrected chi connectivity index (χ4v) is 2.26. The van der Waals surface area contributed by atoms with Crippen molar-refractivity contribution in [2.24, 2.45) is 5.92 Å². The van der Waals surface area contributed by atoms with E-state index in [4.69, 9.17) is 16.3 Å². The van der Waals surface area contributed by atoms with Crippen molar-refractivity contribution in [2.45, 2.75) is 5.92 Å². The van der Waals surface area contributed by atoms with Crippen LogP contribution in [-0.2, 0) is 9.53 Å². The molecule has 1 heterocycles. The van der Waals surface area contributed by atoms with E-state index in [9.17, 15) is 4.79 Å². The maximum absolute atomic E-state index is 11.6. The van der Waals surface area contributed by atoms with Crippen LogP contribution in [0.3, 0.4) is 0 Å². The van der Waals surface area contributed by atoms with E-state index in [-0.39, 0.29) is 30.2 Å². The SMILES string of the molecule is COC(=O)[C@@H]1CNC[C@H]1c1ccc(Cl)cc1.Cl. The smallest absolute Gasteiger partial charge is 0.310 e. The van der Waals surface area contributed by atoms with Crippen molar-refractivity contribution >= 4 is 30.0 Å². The number of esters is 1. The first-order chi connectivity index (χ1) is 7.72. The van der Waals surface area contributed by atoms with Crippen LogP contribution in [0.15, 0.2) is 24.3 Å². The van der Waals surface area contributed by atoms with Crippen LogP contribution < -0.4 is 5.32 Å². The van der Waals surface area contributed by atoms with Crippen molar-refractivity contribution in [3.63, 3.8) is 0 Å². The molecule has 0 amide bonds. The Morgan fingerprint density at radius 1 is 1.35 bits per heavy atom. The highest BCUT2D eigenvalue weighted by molar-refractivity contribution is 6.30. The summed E-state index contributed by atoms with van der Waals surface area (Å²) in [6, 6.07) is 7.64. The highest BCUT2D eigenvalue weighted by atomic mass is 35.5. The number of carbonyl (C=O) groups is 1. The van der Waals surface area contributed by atoms with E-state index in [1.807, 2.05) is 24.3 Å². The molecule has 0 spiro atoms. The Kier molecular flexibility index (Phi) is 5.25. The van der Waals surface area contributed by atoms with Crippen molar-refractivity contribution in [1.29, 1.82) is 0 Å². The summed E-state index contributed by atoms with van der Waals surface area (Å²) in [4.78, 5) is 11.6. The number of benzene rings is 1. The third-order valence-corrected chi connectivity index (χ3v) is 3.27. The maximum atomic E-state index is 11.6. The molecular formula is C12H15Cl2NO2. The molecule has 0 radical (unpaired) electrons. The molecule has 1 N–H and O–H groups in total. The minimum absolute atomic E-state index is 0. The number of carbonyl (C=O) groups excluding carboxylic acids is 1. The second-order valence-electron chi connectivity index (χ2n) is 3.95. The summed E-state index contributed by atoms with van der Waals surface area (Å²) in [5.41, 5.74) is 1.13. The molecule has 0 aliphatic carbocycles. The fraction of sp³-hybridized carbons (Fsp3) is 0.417. The van der Waals surface area contributed by atoms with E-state index in [1.54, 1.807) is 0 Å². The van der Waals surface area contributed by atoms with E-state index in [0.717, 1.165) is 12.1 Å². The molecule has 1 aliphatic heterocycles. The monoisotopic (exact) mass is 275 g/mol. The van der Waals surface area contributed by atoms with Crippen molar-refractivity contribution in [3.8, 4) is 0 Å². The van der Waals surface area contributed by atoms with Crippen molar-refractivity contribution in [2.75, 3.05) is 20.2 Å². The molecule has 5 heteroatoms. The summed E-state index contributed by atoms with van der Waals surface area (Å²) < 4.78 is 4.80. The molecule has 0 saturated carbocycles. The molecule has 17 heavy (non-hydrogen) atoms. The number of hydrogen-bond donors (Lipinski definition) is 1. The molecule has 1 fully saturated rings. The molecule has 1 aromatic rings. The van der Waals surface area contributed by atoms with Crippen LogP contribution in [0, 0.1) is 5.92 Å². The van der Waals surface area contributed by atoms with Crippen LogP contribution in [0.2, 0.25) is 5.02 Å². The minimum Gasteiger partial charge on any atom is -0.469 e. The molecule has 0 unspecified atom stereocenters. The van der Waals surface area contributed by atoms with Gasteiger partial charge in [-0.05, 0) is 17.7 Å². The number of rotatable bonds is 2. The van der Waals surface area contributed by atoms with Gasteiger partial charge in [0.25, 0.3) is 0 Å². The molecule has 94 valence electrons. The zero-order valence-corrected chi connectivity index (χ0v) is 11.1. The predicted octanol–water partition coefficient (Wildman–Crippen LogP) is 2.24. The van der Waals surface area contributed by atoms with Gasteiger partial charge in [-0.25, -0.2) is 0 Å². The second kappa shape index (κ2) is 6.24. The van der Waals surface area contributed by atoms with Crippen LogP contribution in [0.5, 0.6) is 0 Å². The number of halogens is 2. The Balaban J connectivity index is 0.00000144. The zero-order valence-electron chi connectivity index (χ0n) is 9.48.